The molecular formula is C14H25N3O. The summed E-state index contributed by atoms with van der Waals surface area (Å²) >= 11 is 0. The predicted octanol–water partition coefficient (Wildman–Crippen LogP) is 1.18. The van der Waals surface area contributed by atoms with Crippen molar-refractivity contribution in [2.24, 2.45) is 0 Å². The quantitative estimate of drug-likeness (QED) is 0.728. The van der Waals surface area contributed by atoms with Crippen LogP contribution in [0.1, 0.15) is 25.2 Å². The lowest BCUT2D eigenvalue weighted by Gasteiger charge is -2.22. The molecule has 0 amide bonds. The topological polar surface area (TPSA) is 48.4 Å². The predicted molar refractivity (Wildman–Crippen MR) is 74.5 cm³/mol. The third kappa shape index (κ3) is 5.58. The van der Waals surface area contributed by atoms with Crippen LogP contribution < -0.4 is 5.32 Å². The summed E-state index contributed by atoms with van der Waals surface area (Å²) in [6.07, 6.45) is -0.324. The van der Waals surface area contributed by atoms with Gasteiger partial charge in [-0.05, 0) is 32.1 Å². The zero-order chi connectivity index (χ0) is 13.4. The molecule has 18 heavy (non-hydrogen) atoms. The molecular weight excluding hydrogens is 226 g/mol. The molecule has 0 radical (unpaired) electrons. The van der Waals surface area contributed by atoms with E-state index in [-0.39, 0.29) is 6.10 Å². The van der Waals surface area contributed by atoms with Crippen molar-refractivity contribution in [2.45, 2.75) is 33.4 Å². The fourth-order valence-electron chi connectivity index (χ4n) is 1.91. The number of nitrogens with one attached hydrogen (secondary N) is 1. The molecule has 1 heterocycles. The summed E-state index contributed by atoms with van der Waals surface area (Å²) in [7, 11) is 0. The Labute approximate surface area is 110 Å². The summed E-state index contributed by atoms with van der Waals surface area (Å²) in [6.45, 7) is 10.2. The molecule has 0 aromatic carbocycles. The van der Waals surface area contributed by atoms with E-state index < -0.39 is 0 Å². The van der Waals surface area contributed by atoms with Gasteiger partial charge in [-0.2, -0.15) is 0 Å². The molecule has 0 saturated heterocycles. The van der Waals surface area contributed by atoms with Gasteiger partial charge in [-0.3, -0.25) is 4.98 Å². The summed E-state index contributed by atoms with van der Waals surface area (Å²) in [5.74, 6) is 0. The van der Waals surface area contributed by atoms with Crippen LogP contribution in [-0.4, -0.2) is 47.3 Å². The number of aliphatic hydroxyl groups excluding tert-OH is 1. The van der Waals surface area contributed by atoms with Gasteiger partial charge in [0.25, 0.3) is 0 Å². The maximum atomic E-state index is 9.89. The lowest BCUT2D eigenvalue weighted by atomic mass is 10.3. The van der Waals surface area contributed by atoms with Crippen LogP contribution in [0.2, 0.25) is 0 Å². The van der Waals surface area contributed by atoms with E-state index in [4.69, 9.17) is 0 Å². The molecule has 1 aromatic heterocycles. The first-order chi connectivity index (χ1) is 8.65. The second-order valence-corrected chi connectivity index (χ2v) is 4.54. The van der Waals surface area contributed by atoms with Crippen molar-refractivity contribution >= 4 is 0 Å². The lowest BCUT2D eigenvalue weighted by Crippen LogP contribution is -2.38. The molecule has 0 spiro atoms. The smallest absolute Gasteiger partial charge is 0.0791 e. The minimum Gasteiger partial charge on any atom is -0.390 e. The Morgan fingerprint density at radius 1 is 1.33 bits per heavy atom. The van der Waals surface area contributed by atoms with Crippen LogP contribution in [-0.2, 0) is 6.54 Å². The van der Waals surface area contributed by atoms with Crippen LogP contribution in [0.4, 0.5) is 0 Å². The first-order valence-corrected chi connectivity index (χ1v) is 6.69. The van der Waals surface area contributed by atoms with Crippen molar-refractivity contribution < 1.29 is 5.11 Å². The summed E-state index contributed by atoms with van der Waals surface area (Å²) in [6, 6.07) is 5.99. The third-order valence-corrected chi connectivity index (χ3v) is 3.00. The van der Waals surface area contributed by atoms with Gasteiger partial charge in [-0.15, -0.1) is 0 Å². The van der Waals surface area contributed by atoms with E-state index in [2.05, 4.69) is 29.0 Å². The molecule has 1 atom stereocenters. The molecule has 4 nitrogen and oxygen atoms in total. The van der Waals surface area contributed by atoms with Gasteiger partial charge in [0.05, 0.1) is 11.8 Å². The molecule has 1 aromatic rings. The molecule has 0 aliphatic carbocycles. The van der Waals surface area contributed by atoms with E-state index in [1.807, 2.05) is 25.1 Å². The summed E-state index contributed by atoms with van der Waals surface area (Å²) in [4.78, 5) is 6.63. The van der Waals surface area contributed by atoms with Crippen molar-refractivity contribution in [3.05, 3.63) is 29.6 Å². The van der Waals surface area contributed by atoms with Gasteiger partial charge < -0.3 is 15.3 Å². The molecule has 102 valence electrons. The largest absolute Gasteiger partial charge is 0.390 e. The third-order valence-electron chi connectivity index (χ3n) is 3.00. The highest BCUT2D eigenvalue weighted by molar-refractivity contribution is 5.09. The zero-order valence-electron chi connectivity index (χ0n) is 11.7. The average Bonchev–Trinajstić information content (AvgIpc) is 2.36. The SMILES string of the molecule is CCN(CC)CC(O)CNCc1cccc(C)n1. The normalized spacial score (nSPS) is 12.9. The van der Waals surface area contributed by atoms with Crippen LogP contribution in [0, 0.1) is 6.92 Å². The number of aliphatic hydroxyl groups is 1. The number of nitrogens with zero attached hydrogens (tertiary/aromatic N) is 2. The van der Waals surface area contributed by atoms with Crippen molar-refractivity contribution in [2.75, 3.05) is 26.2 Å². The molecule has 0 saturated carbocycles. The number of aryl methyl sites for hydroxylation is 1. The van der Waals surface area contributed by atoms with Gasteiger partial charge in [0.15, 0.2) is 0 Å². The highest BCUT2D eigenvalue weighted by Gasteiger charge is 2.08. The average molecular weight is 251 g/mol. The summed E-state index contributed by atoms with van der Waals surface area (Å²) < 4.78 is 0. The molecule has 0 aliphatic rings. The molecule has 0 bridgehead atoms. The number of likely N-dealkylation sites (N-methyl/N-ethyl adjacent to an activating group) is 1. The van der Waals surface area contributed by atoms with E-state index in [1.54, 1.807) is 0 Å². The van der Waals surface area contributed by atoms with Crippen LogP contribution >= 0.6 is 0 Å². The highest BCUT2D eigenvalue weighted by Crippen LogP contribution is 1.98. The Morgan fingerprint density at radius 2 is 2.06 bits per heavy atom. The maximum Gasteiger partial charge on any atom is 0.0791 e. The van der Waals surface area contributed by atoms with Crippen molar-refractivity contribution in [3.63, 3.8) is 0 Å². The zero-order valence-corrected chi connectivity index (χ0v) is 11.7. The first-order valence-electron chi connectivity index (χ1n) is 6.69. The number of aromatic nitrogens is 1. The minimum absolute atomic E-state index is 0.324. The fraction of sp³-hybridized carbons (Fsp3) is 0.643. The van der Waals surface area contributed by atoms with Gasteiger partial charge in [0.1, 0.15) is 0 Å². The van der Waals surface area contributed by atoms with Crippen molar-refractivity contribution in [1.29, 1.82) is 0 Å². The van der Waals surface area contributed by atoms with Crippen LogP contribution in [0.3, 0.4) is 0 Å². The van der Waals surface area contributed by atoms with E-state index >= 15 is 0 Å². The van der Waals surface area contributed by atoms with E-state index in [0.717, 1.165) is 31.0 Å². The van der Waals surface area contributed by atoms with E-state index in [9.17, 15) is 5.11 Å². The lowest BCUT2D eigenvalue weighted by molar-refractivity contribution is 0.116. The van der Waals surface area contributed by atoms with Crippen molar-refractivity contribution in [1.82, 2.24) is 15.2 Å². The van der Waals surface area contributed by atoms with Crippen LogP contribution in [0.15, 0.2) is 18.2 Å². The first kappa shape index (κ1) is 15.1. The monoisotopic (exact) mass is 251 g/mol. The Balaban J connectivity index is 2.25. The number of pyridine rings is 1. The molecule has 1 unspecified atom stereocenters. The second kappa shape index (κ2) is 8.19. The number of hydrogen-bond donors (Lipinski definition) is 2. The number of hydrogen-bond acceptors (Lipinski definition) is 4. The standard InChI is InChI=1S/C14H25N3O/c1-4-17(5-2)11-14(18)10-15-9-13-8-6-7-12(3)16-13/h6-8,14-15,18H,4-5,9-11H2,1-3H3. The Kier molecular flexibility index (Phi) is 6.86. The van der Waals surface area contributed by atoms with Gasteiger partial charge in [-0.1, -0.05) is 19.9 Å². The van der Waals surface area contributed by atoms with Crippen LogP contribution in [0.25, 0.3) is 0 Å². The second-order valence-electron chi connectivity index (χ2n) is 4.54. The van der Waals surface area contributed by atoms with E-state index in [1.165, 1.54) is 0 Å². The Hall–Kier alpha value is -0.970. The Bertz CT molecular complexity index is 340. The Morgan fingerprint density at radius 3 is 2.67 bits per heavy atom. The molecule has 2 N–H and O–H groups in total. The van der Waals surface area contributed by atoms with Gasteiger partial charge in [0, 0.05) is 25.3 Å². The van der Waals surface area contributed by atoms with E-state index in [0.29, 0.717) is 13.1 Å². The van der Waals surface area contributed by atoms with Crippen LogP contribution in [0.5, 0.6) is 0 Å². The van der Waals surface area contributed by atoms with Crippen molar-refractivity contribution in [3.8, 4) is 0 Å². The molecule has 0 aliphatic heterocycles. The molecule has 4 heteroatoms. The minimum atomic E-state index is -0.324. The summed E-state index contributed by atoms with van der Waals surface area (Å²) in [5.41, 5.74) is 2.04. The van der Waals surface area contributed by atoms with Gasteiger partial charge in [-0.25, -0.2) is 0 Å². The molecule has 1 rings (SSSR count). The maximum absolute atomic E-state index is 9.89. The molecule has 0 fully saturated rings. The highest BCUT2D eigenvalue weighted by atomic mass is 16.3. The summed E-state index contributed by atoms with van der Waals surface area (Å²) in [5, 5.41) is 13.1. The fourth-order valence-corrected chi connectivity index (χ4v) is 1.91. The van der Waals surface area contributed by atoms with Gasteiger partial charge >= 0.3 is 0 Å². The van der Waals surface area contributed by atoms with Gasteiger partial charge in [0.2, 0.25) is 0 Å². The number of rotatable bonds is 8.